The molecule has 0 saturated heterocycles. The average molecular weight is 364 g/mol. The van der Waals surface area contributed by atoms with Gasteiger partial charge in [0.1, 0.15) is 5.82 Å². The number of unbranched alkanes of at least 4 members (excludes halogenated alkanes) is 2. The topological polar surface area (TPSA) is 46.9 Å². The number of fused-ring (bicyclic) bond motifs is 1. The zero-order valence-corrected chi connectivity index (χ0v) is 16.6. The first-order valence-corrected chi connectivity index (χ1v) is 9.79. The number of para-hydroxylation sites is 2. The third-order valence-electron chi connectivity index (χ3n) is 5.02. The molecule has 1 aromatic heterocycles. The van der Waals surface area contributed by atoms with Crippen molar-refractivity contribution in [2.24, 2.45) is 0 Å². The summed E-state index contributed by atoms with van der Waals surface area (Å²) in [5, 5.41) is 2.86. The van der Waals surface area contributed by atoms with Gasteiger partial charge in [-0.05, 0) is 49.9 Å². The maximum atomic E-state index is 10.9. The molecule has 1 N–H and O–H groups in total. The molecule has 1 amide bonds. The van der Waals surface area contributed by atoms with Gasteiger partial charge in [-0.15, -0.1) is 0 Å². The van der Waals surface area contributed by atoms with Gasteiger partial charge in [0, 0.05) is 26.4 Å². The molecule has 4 heteroatoms. The van der Waals surface area contributed by atoms with Crippen molar-refractivity contribution < 1.29 is 4.79 Å². The molecule has 0 saturated carbocycles. The van der Waals surface area contributed by atoms with E-state index in [-0.39, 0.29) is 5.91 Å². The van der Waals surface area contributed by atoms with Gasteiger partial charge in [0.2, 0.25) is 5.91 Å². The van der Waals surface area contributed by atoms with Gasteiger partial charge in [-0.3, -0.25) is 4.79 Å². The van der Waals surface area contributed by atoms with Gasteiger partial charge in [-0.25, -0.2) is 4.98 Å². The summed E-state index contributed by atoms with van der Waals surface area (Å²) >= 11 is 0. The van der Waals surface area contributed by atoms with Crippen LogP contribution in [0.15, 0.2) is 42.5 Å². The van der Waals surface area contributed by atoms with E-state index in [2.05, 4.69) is 66.2 Å². The first kappa shape index (κ1) is 19.2. The number of hydrogen-bond donors (Lipinski definition) is 1. The van der Waals surface area contributed by atoms with E-state index in [1.165, 1.54) is 22.2 Å². The quantitative estimate of drug-likeness (QED) is 0.597. The predicted octanol–water partition coefficient (Wildman–Crippen LogP) is 4.55. The molecule has 0 atom stereocenters. The molecule has 0 aliphatic heterocycles. The van der Waals surface area contributed by atoms with E-state index in [0.717, 1.165) is 50.1 Å². The van der Waals surface area contributed by atoms with E-state index in [1.54, 1.807) is 6.92 Å². The lowest BCUT2D eigenvalue weighted by Crippen LogP contribution is -2.20. The van der Waals surface area contributed by atoms with Gasteiger partial charge in [-0.1, -0.05) is 42.3 Å². The van der Waals surface area contributed by atoms with Crippen molar-refractivity contribution in [3.63, 3.8) is 0 Å². The molecule has 0 fully saturated rings. The Morgan fingerprint density at radius 1 is 1.07 bits per heavy atom. The van der Waals surface area contributed by atoms with Gasteiger partial charge >= 0.3 is 0 Å². The molecule has 0 aliphatic carbocycles. The molecule has 1 heterocycles. The summed E-state index contributed by atoms with van der Waals surface area (Å²) in [5.74, 6) is 1.20. The van der Waals surface area contributed by atoms with Gasteiger partial charge in [0.05, 0.1) is 11.0 Å². The van der Waals surface area contributed by atoms with Crippen molar-refractivity contribution >= 4 is 16.9 Å². The van der Waals surface area contributed by atoms with Crippen LogP contribution in [-0.4, -0.2) is 22.0 Å². The molecule has 0 aliphatic rings. The Hall–Kier alpha value is -2.62. The average Bonchev–Trinajstić information content (AvgIpc) is 2.98. The number of nitrogens with one attached hydrogen (secondary N) is 1. The second kappa shape index (κ2) is 8.85. The van der Waals surface area contributed by atoms with Crippen molar-refractivity contribution in [3.8, 4) is 0 Å². The van der Waals surface area contributed by atoms with Crippen molar-refractivity contribution in [2.75, 3.05) is 6.54 Å². The second-order valence-corrected chi connectivity index (χ2v) is 7.33. The van der Waals surface area contributed by atoms with Crippen LogP contribution >= 0.6 is 0 Å². The van der Waals surface area contributed by atoms with E-state index < -0.39 is 0 Å². The van der Waals surface area contributed by atoms with Crippen molar-refractivity contribution in [3.05, 3.63) is 65.0 Å². The molecule has 3 aromatic rings. The predicted molar refractivity (Wildman–Crippen MR) is 111 cm³/mol. The molecule has 3 rings (SSSR count). The third kappa shape index (κ3) is 4.97. The lowest BCUT2D eigenvalue weighted by molar-refractivity contribution is -0.118. The largest absolute Gasteiger partial charge is 0.356 e. The number of benzene rings is 2. The van der Waals surface area contributed by atoms with Crippen LogP contribution in [0.3, 0.4) is 0 Å². The monoisotopic (exact) mass is 363 g/mol. The fourth-order valence-corrected chi connectivity index (χ4v) is 3.48. The Labute approximate surface area is 161 Å². The Morgan fingerprint density at radius 2 is 1.89 bits per heavy atom. The van der Waals surface area contributed by atoms with Gasteiger partial charge in [0.15, 0.2) is 0 Å². The Morgan fingerprint density at radius 3 is 2.70 bits per heavy atom. The van der Waals surface area contributed by atoms with Crippen molar-refractivity contribution in [1.29, 1.82) is 0 Å². The Kier molecular flexibility index (Phi) is 6.28. The summed E-state index contributed by atoms with van der Waals surface area (Å²) in [4.78, 5) is 15.8. The van der Waals surface area contributed by atoms with Crippen LogP contribution in [0.5, 0.6) is 0 Å². The SMILES string of the molecule is CC(=O)NCCCCCc1nc2ccccc2n1Cc1cc(C)ccc1C. The van der Waals surface area contributed by atoms with Crippen LogP contribution in [0.25, 0.3) is 11.0 Å². The second-order valence-electron chi connectivity index (χ2n) is 7.33. The van der Waals surface area contributed by atoms with Crippen LogP contribution in [0, 0.1) is 13.8 Å². The first-order chi connectivity index (χ1) is 13.0. The summed E-state index contributed by atoms with van der Waals surface area (Å²) in [6.45, 7) is 7.50. The number of carbonyl (C=O) groups is 1. The highest BCUT2D eigenvalue weighted by Gasteiger charge is 2.12. The zero-order valence-electron chi connectivity index (χ0n) is 16.6. The highest BCUT2D eigenvalue weighted by atomic mass is 16.1. The van der Waals surface area contributed by atoms with E-state index in [1.807, 2.05) is 0 Å². The van der Waals surface area contributed by atoms with Crippen LogP contribution < -0.4 is 5.32 Å². The van der Waals surface area contributed by atoms with Gasteiger partial charge < -0.3 is 9.88 Å². The molecule has 0 unspecified atom stereocenters. The summed E-state index contributed by atoms with van der Waals surface area (Å²) in [5.41, 5.74) is 6.23. The molecule has 0 bridgehead atoms. The number of rotatable bonds is 8. The van der Waals surface area contributed by atoms with E-state index in [0.29, 0.717) is 0 Å². The maximum Gasteiger partial charge on any atom is 0.216 e. The summed E-state index contributed by atoms with van der Waals surface area (Å²) in [7, 11) is 0. The van der Waals surface area contributed by atoms with Crippen LogP contribution in [0.4, 0.5) is 0 Å². The highest BCUT2D eigenvalue weighted by molar-refractivity contribution is 5.76. The van der Waals surface area contributed by atoms with Gasteiger partial charge in [-0.2, -0.15) is 0 Å². The Bertz CT molecular complexity index is 927. The number of imidazole rings is 1. The Balaban J connectivity index is 1.75. The number of carbonyl (C=O) groups excluding carboxylic acids is 1. The fourth-order valence-electron chi connectivity index (χ4n) is 3.48. The molecule has 142 valence electrons. The summed E-state index contributed by atoms with van der Waals surface area (Å²) in [6.07, 6.45) is 4.14. The van der Waals surface area contributed by atoms with Crippen molar-refractivity contribution in [1.82, 2.24) is 14.9 Å². The molecule has 0 radical (unpaired) electrons. The minimum Gasteiger partial charge on any atom is -0.356 e. The van der Waals surface area contributed by atoms with Gasteiger partial charge in [0.25, 0.3) is 0 Å². The number of aromatic nitrogens is 2. The smallest absolute Gasteiger partial charge is 0.216 e. The lowest BCUT2D eigenvalue weighted by atomic mass is 10.1. The number of amides is 1. The third-order valence-corrected chi connectivity index (χ3v) is 5.02. The van der Waals surface area contributed by atoms with E-state index >= 15 is 0 Å². The summed E-state index contributed by atoms with van der Waals surface area (Å²) < 4.78 is 2.37. The normalized spacial score (nSPS) is 11.1. The fraction of sp³-hybridized carbons (Fsp3) is 0.391. The number of aryl methyl sites for hydroxylation is 3. The van der Waals surface area contributed by atoms with E-state index in [9.17, 15) is 4.79 Å². The number of hydrogen-bond acceptors (Lipinski definition) is 2. The first-order valence-electron chi connectivity index (χ1n) is 9.79. The molecule has 27 heavy (non-hydrogen) atoms. The molecular formula is C23H29N3O. The minimum absolute atomic E-state index is 0.0466. The van der Waals surface area contributed by atoms with Crippen LogP contribution in [0.1, 0.15) is 48.7 Å². The standard InChI is InChI=1S/C23H29N3O/c1-17-12-13-18(2)20(15-17)16-26-22-10-7-6-9-21(22)25-23(26)11-5-4-8-14-24-19(3)27/h6-7,9-10,12-13,15H,4-5,8,11,14,16H2,1-3H3,(H,24,27). The van der Waals surface area contributed by atoms with E-state index in [4.69, 9.17) is 4.98 Å². The highest BCUT2D eigenvalue weighted by Crippen LogP contribution is 2.21. The summed E-state index contributed by atoms with van der Waals surface area (Å²) in [6, 6.07) is 15.0. The number of nitrogens with zero attached hydrogens (tertiary/aromatic N) is 2. The molecule has 4 nitrogen and oxygen atoms in total. The lowest BCUT2D eigenvalue weighted by Gasteiger charge is -2.12. The molecule has 0 spiro atoms. The molecule has 2 aromatic carbocycles. The molecular weight excluding hydrogens is 334 g/mol. The zero-order chi connectivity index (χ0) is 19.2. The minimum atomic E-state index is 0.0466. The maximum absolute atomic E-state index is 10.9. The van der Waals surface area contributed by atoms with Crippen LogP contribution in [0.2, 0.25) is 0 Å². The van der Waals surface area contributed by atoms with Crippen molar-refractivity contribution in [2.45, 2.75) is 53.0 Å². The van der Waals surface area contributed by atoms with Crippen LogP contribution in [-0.2, 0) is 17.8 Å².